The van der Waals surface area contributed by atoms with E-state index in [1.54, 1.807) is 19.2 Å². The highest BCUT2D eigenvalue weighted by atomic mass is 16.2. The smallest absolute Gasteiger partial charge is 0.319 e. The number of nitrogens with zero attached hydrogens (tertiary/aromatic N) is 3. The Morgan fingerprint density at radius 2 is 1.88 bits per heavy atom. The molecule has 7 nitrogen and oxygen atoms in total. The van der Waals surface area contributed by atoms with Gasteiger partial charge in [0.2, 0.25) is 0 Å². The molecule has 2 aliphatic rings. The molecule has 2 aromatic heterocycles. The van der Waals surface area contributed by atoms with Crippen LogP contribution in [-0.2, 0) is 23.2 Å². The SMILES string of the molecule is Cc1cc(C(=O)CN2C(=O)N[C@@](C)(c3ccc4c(c3)CCC4)C2=O)c(C)n1-c1ccccn1. The predicted molar refractivity (Wildman–Crippen MR) is 123 cm³/mol. The van der Waals surface area contributed by atoms with Gasteiger partial charge in [0.1, 0.15) is 11.4 Å². The lowest BCUT2D eigenvalue weighted by atomic mass is 9.89. The Morgan fingerprint density at radius 1 is 1.09 bits per heavy atom. The van der Waals surface area contributed by atoms with E-state index in [0.29, 0.717) is 11.4 Å². The number of aryl methyl sites for hydroxylation is 3. The predicted octanol–water partition coefficient (Wildman–Crippen LogP) is 3.63. The van der Waals surface area contributed by atoms with Crippen molar-refractivity contribution in [3.8, 4) is 5.82 Å². The monoisotopic (exact) mass is 442 g/mol. The Hall–Kier alpha value is -3.74. The molecular formula is C26H26N4O3. The van der Waals surface area contributed by atoms with Crippen LogP contribution in [0.25, 0.3) is 5.82 Å². The molecular weight excluding hydrogens is 416 g/mol. The fourth-order valence-corrected chi connectivity index (χ4v) is 5.03. The molecule has 1 atom stereocenters. The van der Waals surface area contributed by atoms with Crippen molar-refractivity contribution in [1.29, 1.82) is 0 Å². The number of aromatic nitrogens is 2. The van der Waals surface area contributed by atoms with Crippen molar-refractivity contribution in [1.82, 2.24) is 19.8 Å². The van der Waals surface area contributed by atoms with E-state index in [1.165, 1.54) is 11.1 Å². The van der Waals surface area contributed by atoms with Gasteiger partial charge in [-0.05, 0) is 74.9 Å². The van der Waals surface area contributed by atoms with Crippen LogP contribution in [0, 0.1) is 13.8 Å². The highest BCUT2D eigenvalue weighted by Gasteiger charge is 2.49. The van der Waals surface area contributed by atoms with Gasteiger partial charge in [0.15, 0.2) is 5.78 Å². The van der Waals surface area contributed by atoms with Crippen molar-refractivity contribution >= 4 is 17.7 Å². The van der Waals surface area contributed by atoms with Crippen LogP contribution in [0.5, 0.6) is 0 Å². The summed E-state index contributed by atoms with van der Waals surface area (Å²) in [5.41, 5.74) is 4.16. The fraction of sp³-hybridized carbons (Fsp3) is 0.308. The first-order valence-electron chi connectivity index (χ1n) is 11.2. The van der Waals surface area contributed by atoms with Crippen LogP contribution in [0.15, 0.2) is 48.7 Å². The molecule has 3 heterocycles. The molecule has 33 heavy (non-hydrogen) atoms. The van der Waals surface area contributed by atoms with E-state index in [4.69, 9.17) is 0 Å². The first kappa shape index (κ1) is 21.1. The summed E-state index contributed by atoms with van der Waals surface area (Å²) in [6.07, 6.45) is 4.83. The summed E-state index contributed by atoms with van der Waals surface area (Å²) < 4.78 is 1.90. The third kappa shape index (κ3) is 3.35. The van der Waals surface area contributed by atoms with E-state index in [1.807, 2.05) is 54.8 Å². The number of amides is 3. The number of hydrogen-bond donors (Lipinski definition) is 1. The van der Waals surface area contributed by atoms with Crippen molar-refractivity contribution in [2.75, 3.05) is 6.54 Å². The van der Waals surface area contributed by atoms with Gasteiger partial charge in [-0.25, -0.2) is 9.78 Å². The Balaban J connectivity index is 1.41. The Morgan fingerprint density at radius 3 is 2.64 bits per heavy atom. The fourth-order valence-electron chi connectivity index (χ4n) is 5.03. The zero-order valence-electron chi connectivity index (χ0n) is 19.0. The molecule has 1 fully saturated rings. The van der Waals surface area contributed by atoms with Crippen molar-refractivity contribution in [3.05, 3.63) is 82.3 Å². The number of rotatable bonds is 5. The Kier molecular flexibility index (Phi) is 4.92. The topological polar surface area (TPSA) is 84.3 Å². The number of Topliss-reactive ketones (excluding diaryl/α,β-unsaturated/α-hetero) is 1. The summed E-state index contributed by atoms with van der Waals surface area (Å²) in [5.74, 6) is 0.0232. The number of ketones is 1. The molecule has 0 saturated carbocycles. The van der Waals surface area contributed by atoms with Gasteiger partial charge < -0.3 is 9.88 Å². The van der Waals surface area contributed by atoms with E-state index < -0.39 is 17.5 Å². The molecule has 1 aliphatic heterocycles. The standard InChI is InChI=1S/C26H26N4O3/c1-16-13-21(17(2)30(16)23-9-4-5-12-27-23)22(31)15-29-24(32)26(3,28-25(29)33)20-11-10-18-7-6-8-19(18)14-20/h4-5,9-14H,6-8,15H2,1-3H3,(H,28,33)/t26-/m0/s1. The highest BCUT2D eigenvalue weighted by molar-refractivity contribution is 6.11. The van der Waals surface area contributed by atoms with Crippen molar-refractivity contribution in [2.45, 2.75) is 45.6 Å². The normalized spacial score (nSPS) is 19.7. The van der Waals surface area contributed by atoms with Gasteiger partial charge in [0.05, 0.1) is 6.54 Å². The Bertz CT molecular complexity index is 1290. The summed E-state index contributed by atoms with van der Waals surface area (Å²) in [7, 11) is 0. The summed E-state index contributed by atoms with van der Waals surface area (Å²) >= 11 is 0. The third-order valence-corrected chi connectivity index (χ3v) is 6.86. The highest BCUT2D eigenvalue weighted by Crippen LogP contribution is 2.33. The van der Waals surface area contributed by atoms with E-state index in [0.717, 1.165) is 41.1 Å². The first-order chi connectivity index (χ1) is 15.8. The number of hydrogen-bond acceptors (Lipinski definition) is 4. The number of urea groups is 1. The quantitative estimate of drug-likeness (QED) is 0.483. The molecule has 1 N–H and O–H groups in total. The first-order valence-corrected chi connectivity index (χ1v) is 11.2. The molecule has 3 aromatic rings. The second-order valence-electron chi connectivity index (χ2n) is 9.01. The molecule has 1 aliphatic carbocycles. The van der Waals surface area contributed by atoms with Gasteiger partial charge in [0, 0.05) is 23.1 Å². The van der Waals surface area contributed by atoms with Crippen molar-refractivity contribution in [3.63, 3.8) is 0 Å². The van der Waals surface area contributed by atoms with E-state index >= 15 is 0 Å². The van der Waals surface area contributed by atoms with Gasteiger partial charge >= 0.3 is 6.03 Å². The second kappa shape index (κ2) is 7.69. The van der Waals surface area contributed by atoms with Crippen molar-refractivity contribution in [2.24, 2.45) is 0 Å². The molecule has 3 amide bonds. The molecule has 1 saturated heterocycles. The van der Waals surface area contributed by atoms with Gasteiger partial charge in [-0.2, -0.15) is 0 Å². The van der Waals surface area contributed by atoms with Crippen LogP contribution in [-0.4, -0.2) is 38.7 Å². The maximum Gasteiger partial charge on any atom is 0.325 e. The number of benzene rings is 1. The molecule has 0 unspecified atom stereocenters. The molecule has 5 rings (SSSR count). The number of imide groups is 1. The van der Waals surface area contributed by atoms with Gasteiger partial charge in [-0.3, -0.25) is 14.5 Å². The minimum atomic E-state index is -1.18. The van der Waals surface area contributed by atoms with Gasteiger partial charge in [-0.15, -0.1) is 0 Å². The molecule has 1 aromatic carbocycles. The van der Waals surface area contributed by atoms with Crippen LogP contribution in [0.2, 0.25) is 0 Å². The zero-order valence-corrected chi connectivity index (χ0v) is 19.0. The van der Waals surface area contributed by atoms with Crippen LogP contribution in [0.4, 0.5) is 4.79 Å². The summed E-state index contributed by atoms with van der Waals surface area (Å²) in [6, 6.07) is 12.8. The number of nitrogens with one attached hydrogen (secondary N) is 1. The maximum absolute atomic E-state index is 13.4. The van der Waals surface area contributed by atoms with Crippen LogP contribution < -0.4 is 5.32 Å². The number of carbonyl (C=O) groups is 3. The lowest BCUT2D eigenvalue weighted by Gasteiger charge is -2.23. The summed E-state index contributed by atoms with van der Waals surface area (Å²) in [5, 5.41) is 2.82. The third-order valence-electron chi connectivity index (χ3n) is 6.86. The lowest BCUT2D eigenvalue weighted by molar-refractivity contribution is -0.130. The molecule has 0 spiro atoms. The summed E-state index contributed by atoms with van der Waals surface area (Å²) in [4.78, 5) is 44.7. The van der Waals surface area contributed by atoms with E-state index in [9.17, 15) is 14.4 Å². The lowest BCUT2D eigenvalue weighted by Crippen LogP contribution is -2.41. The molecule has 0 radical (unpaired) electrons. The number of pyridine rings is 1. The molecule has 7 heteroatoms. The Labute approximate surface area is 192 Å². The van der Waals surface area contributed by atoms with Crippen molar-refractivity contribution < 1.29 is 14.4 Å². The number of fused-ring (bicyclic) bond motifs is 1. The largest absolute Gasteiger partial charge is 0.325 e. The average Bonchev–Trinajstić information content (AvgIpc) is 3.45. The second-order valence-corrected chi connectivity index (χ2v) is 9.01. The minimum Gasteiger partial charge on any atom is -0.319 e. The van der Waals surface area contributed by atoms with Crippen LogP contribution in [0.3, 0.4) is 0 Å². The summed E-state index contributed by atoms with van der Waals surface area (Å²) in [6.45, 7) is 5.14. The maximum atomic E-state index is 13.4. The molecule has 168 valence electrons. The van der Waals surface area contributed by atoms with Crippen LogP contribution in [0.1, 0.15) is 51.8 Å². The van der Waals surface area contributed by atoms with Gasteiger partial charge in [-0.1, -0.05) is 24.3 Å². The zero-order chi connectivity index (χ0) is 23.3. The molecule has 0 bridgehead atoms. The van der Waals surface area contributed by atoms with E-state index in [-0.39, 0.29) is 12.3 Å². The number of carbonyl (C=O) groups excluding carboxylic acids is 3. The van der Waals surface area contributed by atoms with Crippen LogP contribution >= 0.6 is 0 Å². The average molecular weight is 443 g/mol. The van der Waals surface area contributed by atoms with Gasteiger partial charge in [0.25, 0.3) is 5.91 Å². The van der Waals surface area contributed by atoms with E-state index in [2.05, 4.69) is 10.3 Å². The minimum absolute atomic E-state index is 0.285.